The average Bonchev–Trinajstić information content (AvgIpc) is 2.39. The molecule has 0 radical (unpaired) electrons. The molecule has 1 aliphatic heterocycles. The molecule has 0 bridgehead atoms. The molecule has 0 amide bonds. The van der Waals surface area contributed by atoms with Crippen molar-refractivity contribution in [2.24, 2.45) is 0 Å². The molecule has 1 fully saturated rings. The molecule has 1 aliphatic rings. The van der Waals surface area contributed by atoms with Crippen molar-refractivity contribution in [2.75, 3.05) is 20.2 Å². The van der Waals surface area contributed by atoms with Crippen LogP contribution in [0.5, 0.6) is 0 Å². The van der Waals surface area contributed by atoms with Crippen LogP contribution in [-0.4, -0.2) is 20.2 Å². The van der Waals surface area contributed by atoms with Gasteiger partial charge in [-0.3, -0.25) is 0 Å². The van der Waals surface area contributed by atoms with Gasteiger partial charge in [-0.25, -0.2) is 0 Å². The van der Waals surface area contributed by atoms with Crippen LogP contribution >= 0.6 is 0 Å². The summed E-state index contributed by atoms with van der Waals surface area (Å²) in [6, 6.07) is 8.68. The van der Waals surface area contributed by atoms with Crippen LogP contribution in [-0.2, 0) is 4.74 Å². The Kier molecular flexibility index (Phi) is 3.97. The smallest absolute Gasteiger partial charge is 0.0795 e. The summed E-state index contributed by atoms with van der Waals surface area (Å²) in [7, 11) is 1.78. The number of nitrogens with one attached hydrogen (secondary N) is 1. The van der Waals surface area contributed by atoms with Crippen LogP contribution < -0.4 is 5.32 Å². The molecule has 1 N–H and O–H groups in total. The van der Waals surface area contributed by atoms with E-state index >= 15 is 0 Å². The first-order valence-electron chi connectivity index (χ1n) is 6.15. The second-order valence-corrected chi connectivity index (χ2v) is 4.55. The Morgan fingerprint density at radius 3 is 2.88 bits per heavy atom. The highest BCUT2D eigenvalue weighted by Crippen LogP contribution is 2.30. The second kappa shape index (κ2) is 5.46. The van der Waals surface area contributed by atoms with Gasteiger partial charge in [0.15, 0.2) is 0 Å². The van der Waals surface area contributed by atoms with Crippen LogP contribution in [0.25, 0.3) is 0 Å². The topological polar surface area (TPSA) is 21.3 Å². The summed E-state index contributed by atoms with van der Waals surface area (Å²) < 4.78 is 5.45. The molecule has 2 nitrogen and oxygen atoms in total. The van der Waals surface area contributed by atoms with Crippen molar-refractivity contribution in [1.29, 1.82) is 0 Å². The quantitative estimate of drug-likeness (QED) is 0.844. The molecule has 2 unspecified atom stereocenters. The van der Waals surface area contributed by atoms with E-state index < -0.39 is 0 Å². The average molecular weight is 219 g/mol. The van der Waals surface area contributed by atoms with Gasteiger partial charge in [0.2, 0.25) is 0 Å². The molecule has 0 aromatic heterocycles. The molecule has 1 saturated heterocycles. The van der Waals surface area contributed by atoms with E-state index in [9.17, 15) is 0 Å². The van der Waals surface area contributed by atoms with Crippen LogP contribution in [0.4, 0.5) is 0 Å². The highest BCUT2D eigenvalue weighted by molar-refractivity contribution is 5.32. The maximum atomic E-state index is 5.45. The van der Waals surface area contributed by atoms with Gasteiger partial charge in [0, 0.05) is 13.7 Å². The van der Waals surface area contributed by atoms with Crippen molar-refractivity contribution < 1.29 is 4.74 Å². The fraction of sp³-hybridized carbons (Fsp3) is 0.571. The SMILES string of the molecule is COC(C)c1ccccc1C1CCCNC1. The van der Waals surface area contributed by atoms with Gasteiger partial charge in [0.1, 0.15) is 0 Å². The second-order valence-electron chi connectivity index (χ2n) is 4.55. The van der Waals surface area contributed by atoms with Gasteiger partial charge in [0.05, 0.1) is 6.10 Å². The molecule has 1 aromatic carbocycles. The number of methoxy groups -OCH3 is 1. The van der Waals surface area contributed by atoms with Crippen LogP contribution in [0.1, 0.15) is 42.9 Å². The van der Waals surface area contributed by atoms with E-state index in [1.54, 1.807) is 7.11 Å². The Bertz CT molecular complexity index is 331. The van der Waals surface area contributed by atoms with Gasteiger partial charge in [-0.15, -0.1) is 0 Å². The first-order chi connectivity index (χ1) is 7.83. The maximum absolute atomic E-state index is 5.45. The zero-order chi connectivity index (χ0) is 11.4. The number of piperidine rings is 1. The highest BCUT2D eigenvalue weighted by Gasteiger charge is 2.19. The molecular formula is C14H21NO. The molecule has 1 heterocycles. The van der Waals surface area contributed by atoms with Crippen molar-refractivity contribution in [3.8, 4) is 0 Å². The minimum atomic E-state index is 0.193. The Hall–Kier alpha value is -0.860. The zero-order valence-electron chi connectivity index (χ0n) is 10.2. The van der Waals surface area contributed by atoms with Crippen LogP contribution in [0.2, 0.25) is 0 Å². The number of hydrogen-bond donors (Lipinski definition) is 1. The molecule has 2 rings (SSSR count). The molecule has 2 atom stereocenters. The third-order valence-corrected chi connectivity index (χ3v) is 3.52. The Balaban J connectivity index is 2.24. The van der Waals surface area contributed by atoms with Gasteiger partial charge < -0.3 is 10.1 Å². The van der Waals surface area contributed by atoms with Crippen LogP contribution in [0.3, 0.4) is 0 Å². The maximum Gasteiger partial charge on any atom is 0.0795 e. The van der Waals surface area contributed by atoms with E-state index in [1.807, 2.05) is 0 Å². The number of benzene rings is 1. The summed E-state index contributed by atoms with van der Waals surface area (Å²) in [4.78, 5) is 0. The summed E-state index contributed by atoms with van der Waals surface area (Å²) >= 11 is 0. The molecule has 0 saturated carbocycles. The predicted molar refractivity (Wildman–Crippen MR) is 66.7 cm³/mol. The van der Waals surface area contributed by atoms with Gasteiger partial charge in [-0.05, 0) is 43.4 Å². The van der Waals surface area contributed by atoms with Crippen molar-refractivity contribution in [1.82, 2.24) is 5.32 Å². The molecule has 0 spiro atoms. The van der Waals surface area contributed by atoms with E-state index in [4.69, 9.17) is 4.74 Å². The standard InChI is InChI=1S/C14H21NO/c1-11(16-2)13-7-3-4-8-14(13)12-6-5-9-15-10-12/h3-4,7-8,11-12,15H,5-6,9-10H2,1-2H3. The third-order valence-electron chi connectivity index (χ3n) is 3.52. The molecule has 88 valence electrons. The third kappa shape index (κ3) is 2.45. The van der Waals surface area contributed by atoms with E-state index in [2.05, 4.69) is 36.5 Å². The lowest BCUT2D eigenvalue weighted by atomic mass is 9.87. The summed E-state index contributed by atoms with van der Waals surface area (Å²) in [6.45, 7) is 4.39. The number of ether oxygens (including phenoxy) is 1. The minimum Gasteiger partial charge on any atom is -0.377 e. The fourth-order valence-corrected chi connectivity index (χ4v) is 2.50. The largest absolute Gasteiger partial charge is 0.377 e. The first kappa shape index (κ1) is 11.6. The molecule has 2 heteroatoms. The van der Waals surface area contributed by atoms with Gasteiger partial charge in [-0.2, -0.15) is 0 Å². The highest BCUT2D eigenvalue weighted by atomic mass is 16.5. The van der Waals surface area contributed by atoms with Crippen molar-refractivity contribution >= 4 is 0 Å². The van der Waals surface area contributed by atoms with Gasteiger partial charge in [0.25, 0.3) is 0 Å². The van der Waals surface area contributed by atoms with Crippen LogP contribution in [0.15, 0.2) is 24.3 Å². The lowest BCUT2D eigenvalue weighted by Gasteiger charge is -2.26. The predicted octanol–water partition coefficient (Wildman–Crippen LogP) is 2.86. The fourth-order valence-electron chi connectivity index (χ4n) is 2.50. The number of hydrogen-bond acceptors (Lipinski definition) is 2. The summed E-state index contributed by atoms with van der Waals surface area (Å²) in [5.74, 6) is 0.655. The summed E-state index contributed by atoms with van der Waals surface area (Å²) in [5.41, 5.74) is 2.81. The van der Waals surface area contributed by atoms with Crippen LogP contribution in [0, 0.1) is 0 Å². The van der Waals surface area contributed by atoms with Crippen molar-refractivity contribution in [3.05, 3.63) is 35.4 Å². The van der Waals surface area contributed by atoms with Crippen molar-refractivity contribution in [2.45, 2.75) is 31.8 Å². The Morgan fingerprint density at radius 1 is 1.38 bits per heavy atom. The van der Waals surface area contributed by atoms with E-state index in [1.165, 1.54) is 30.5 Å². The minimum absolute atomic E-state index is 0.193. The summed E-state index contributed by atoms with van der Waals surface area (Å²) in [5, 5.41) is 3.48. The van der Waals surface area contributed by atoms with Gasteiger partial charge in [-0.1, -0.05) is 24.3 Å². The summed E-state index contributed by atoms with van der Waals surface area (Å²) in [6.07, 6.45) is 2.76. The molecule has 0 aliphatic carbocycles. The van der Waals surface area contributed by atoms with E-state index in [0.717, 1.165) is 6.54 Å². The monoisotopic (exact) mass is 219 g/mol. The number of rotatable bonds is 3. The molecule has 16 heavy (non-hydrogen) atoms. The zero-order valence-corrected chi connectivity index (χ0v) is 10.2. The Labute approximate surface area is 98.0 Å². The van der Waals surface area contributed by atoms with E-state index in [-0.39, 0.29) is 6.10 Å². The lowest BCUT2D eigenvalue weighted by molar-refractivity contribution is 0.118. The molecular weight excluding hydrogens is 198 g/mol. The molecule has 1 aromatic rings. The van der Waals surface area contributed by atoms with Gasteiger partial charge >= 0.3 is 0 Å². The first-order valence-corrected chi connectivity index (χ1v) is 6.15. The lowest BCUT2D eigenvalue weighted by Crippen LogP contribution is -2.29. The van der Waals surface area contributed by atoms with E-state index in [0.29, 0.717) is 5.92 Å². The normalized spacial score (nSPS) is 23.0. The Morgan fingerprint density at radius 2 is 2.19 bits per heavy atom. The van der Waals surface area contributed by atoms with Crippen molar-refractivity contribution in [3.63, 3.8) is 0 Å².